The molecule has 0 aromatic rings. The van der Waals surface area contributed by atoms with Gasteiger partial charge in [-0.2, -0.15) is 0 Å². The molecule has 0 bridgehead atoms. The van der Waals surface area contributed by atoms with Gasteiger partial charge in [-0.1, -0.05) is 20.8 Å². The minimum atomic E-state index is -0.804. The molecule has 0 saturated carbocycles. The lowest BCUT2D eigenvalue weighted by atomic mass is 9.80. The fourth-order valence-corrected chi connectivity index (χ4v) is 1.77. The van der Waals surface area contributed by atoms with Gasteiger partial charge >= 0.3 is 5.97 Å². The molecule has 0 aliphatic rings. The molecular formula is C14H27NO4. The third kappa shape index (κ3) is 6.57. The highest BCUT2D eigenvalue weighted by molar-refractivity contribution is 5.98. The fraction of sp³-hybridized carbons (Fsp3) is 0.857. The summed E-state index contributed by atoms with van der Waals surface area (Å²) in [5.41, 5.74) is -0.481. The van der Waals surface area contributed by atoms with Gasteiger partial charge in [0.05, 0.1) is 12.7 Å². The van der Waals surface area contributed by atoms with Crippen LogP contribution in [0.1, 0.15) is 41.5 Å². The molecular weight excluding hydrogens is 246 g/mol. The van der Waals surface area contributed by atoms with Gasteiger partial charge < -0.3 is 14.8 Å². The molecule has 0 aromatic heterocycles. The third-order valence-corrected chi connectivity index (χ3v) is 2.67. The van der Waals surface area contributed by atoms with E-state index >= 15 is 0 Å². The van der Waals surface area contributed by atoms with Crippen LogP contribution in [0.25, 0.3) is 0 Å². The van der Waals surface area contributed by atoms with Crippen molar-refractivity contribution < 1.29 is 19.1 Å². The maximum atomic E-state index is 12.1. The largest absolute Gasteiger partial charge is 0.465 e. The summed E-state index contributed by atoms with van der Waals surface area (Å²) < 4.78 is 10.3. The van der Waals surface area contributed by atoms with Gasteiger partial charge in [0.25, 0.3) is 0 Å². The Kier molecular flexibility index (Phi) is 7.68. The third-order valence-electron chi connectivity index (χ3n) is 2.67. The zero-order valence-electron chi connectivity index (χ0n) is 12.9. The number of carbonyl (C=O) groups is 2. The Morgan fingerprint density at radius 3 is 2.16 bits per heavy atom. The Bertz CT molecular complexity index is 296. The van der Waals surface area contributed by atoms with Crippen LogP contribution in [0.2, 0.25) is 0 Å². The van der Waals surface area contributed by atoms with Crippen LogP contribution in [0.5, 0.6) is 0 Å². The van der Waals surface area contributed by atoms with Crippen LogP contribution in [-0.4, -0.2) is 37.7 Å². The molecule has 0 aliphatic heterocycles. The number of hydrogen-bond acceptors (Lipinski definition) is 4. The standard InChI is InChI=1S/C14H27NO4/c1-7-18-10(3)9-15-12(16)11(14(4,5)6)13(17)19-8-2/h10-11H,7-9H2,1-6H3,(H,15,16). The number of nitrogens with one attached hydrogen (secondary N) is 1. The predicted molar refractivity (Wildman–Crippen MR) is 73.7 cm³/mol. The molecule has 19 heavy (non-hydrogen) atoms. The van der Waals surface area contributed by atoms with Crippen molar-refractivity contribution in [1.82, 2.24) is 5.32 Å². The number of rotatable bonds is 7. The highest BCUT2D eigenvalue weighted by atomic mass is 16.5. The summed E-state index contributed by atoms with van der Waals surface area (Å²) in [5.74, 6) is -1.59. The Labute approximate surface area is 116 Å². The van der Waals surface area contributed by atoms with E-state index in [1.807, 2.05) is 34.6 Å². The topological polar surface area (TPSA) is 64.6 Å². The number of amides is 1. The van der Waals surface area contributed by atoms with Crippen LogP contribution in [0.15, 0.2) is 0 Å². The minimum absolute atomic E-state index is 0.0724. The molecule has 0 rings (SSSR count). The smallest absolute Gasteiger partial charge is 0.319 e. The van der Waals surface area contributed by atoms with Crippen molar-refractivity contribution in [2.45, 2.75) is 47.6 Å². The van der Waals surface area contributed by atoms with Gasteiger partial charge in [0.15, 0.2) is 0 Å². The van der Waals surface area contributed by atoms with Crippen LogP contribution in [0.3, 0.4) is 0 Å². The molecule has 0 radical (unpaired) electrons. The maximum Gasteiger partial charge on any atom is 0.319 e. The average molecular weight is 273 g/mol. The SMILES string of the molecule is CCOC(=O)C(C(=O)NCC(C)OCC)C(C)(C)C. The van der Waals surface area contributed by atoms with E-state index in [2.05, 4.69) is 5.32 Å². The molecule has 5 nitrogen and oxygen atoms in total. The molecule has 1 amide bonds. The van der Waals surface area contributed by atoms with Crippen LogP contribution in [0, 0.1) is 11.3 Å². The Morgan fingerprint density at radius 1 is 1.16 bits per heavy atom. The Hall–Kier alpha value is -1.10. The summed E-state index contributed by atoms with van der Waals surface area (Å²) in [6.07, 6.45) is -0.0724. The molecule has 0 saturated heterocycles. The Balaban J connectivity index is 4.61. The fourth-order valence-electron chi connectivity index (χ4n) is 1.77. The van der Waals surface area contributed by atoms with E-state index in [0.717, 1.165) is 0 Å². The number of carbonyl (C=O) groups excluding carboxylic acids is 2. The first kappa shape index (κ1) is 17.9. The molecule has 0 aliphatic carbocycles. The van der Waals surface area contributed by atoms with Crippen molar-refractivity contribution in [3.63, 3.8) is 0 Å². The normalized spacial score (nSPS) is 14.6. The van der Waals surface area contributed by atoms with E-state index in [0.29, 0.717) is 13.2 Å². The second kappa shape index (κ2) is 8.15. The van der Waals surface area contributed by atoms with E-state index in [1.165, 1.54) is 0 Å². The summed E-state index contributed by atoms with van der Waals surface area (Å²) in [6.45, 7) is 12.3. The summed E-state index contributed by atoms with van der Waals surface area (Å²) in [4.78, 5) is 24.0. The Morgan fingerprint density at radius 2 is 1.74 bits per heavy atom. The van der Waals surface area contributed by atoms with Gasteiger partial charge in [0.2, 0.25) is 5.91 Å². The molecule has 2 unspecified atom stereocenters. The predicted octanol–water partition coefficient (Wildman–Crippen LogP) is 1.75. The second-order valence-electron chi connectivity index (χ2n) is 5.56. The molecule has 1 N–H and O–H groups in total. The molecule has 0 spiro atoms. The zero-order chi connectivity index (χ0) is 15.1. The van der Waals surface area contributed by atoms with E-state index in [9.17, 15) is 9.59 Å². The minimum Gasteiger partial charge on any atom is -0.465 e. The lowest BCUT2D eigenvalue weighted by Crippen LogP contribution is -2.45. The van der Waals surface area contributed by atoms with E-state index < -0.39 is 17.3 Å². The van der Waals surface area contributed by atoms with Crippen molar-refractivity contribution in [1.29, 1.82) is 0 Å². The van der Waals surface area contributed by atoms with Gasteiger partial charge in [-0.3, -0.25) is 9.59 Å². The summed E-state index contributed by atoms with van der Waals surface area (Å²) in [6, 6.07) is 0. The van der Waals surface area contributed by atoms with Crippen LogP contribution < -0.4 is 5.32 Å². The summed E-state index contributed by atoms with van der Waals surface area (Å²) in [5, 5.41) is 2.75. The van der Waals surface area contributed by atoms with Crippen LogP contribution in [-0.2, 0) is 19.1 Å². The van der Waals surface area contributed by atoms with Gasteiger partial charge in [0, 0.05) is 13.2 Å². The van der Waals surface area contributed by atoms with Crippen LogP contribution in [0.4, 0.5) is 0 Å². The van der Waals surface area contributed by atoms with E-state index in [4.69, 9.17) is 9.47 Å². The van der Waals surface area contributed by atoms with Gasteiger partial charge in [0.1, 0.15) is 5.92 Å². The van der Waals surface area contributed by atoms with Crippen molar-refractivity contribution in [3.8, 4) is 0 Å². The number of hydrogen-bond donors (Lipinski definition) is 1. The lowest BCUT2D eigenvalue weighted by Gasteiger charge is -2.28. The van der Waals surface area contributed by atoms with Crippen molar-refractivity contribution in [2.24, 2.45) is 11.3 Å². The first-order valence-corrected chi connectivity index (χ1v) is 6.79. The molecule has 5 heteroatoms. The highest BCUT2D eigenvalue weighted by Gasteiger charge is 2.38. The summed E-state index contributed by atoms with van der Waals surface area (Å²) >= 11 is 0. The zero-order valence-corrected chi connectivity index (χ0v) is 12.9. The van der Waals surface area contributed by atoms with Crippen LogP contribution >= 0.6 is 0 Å². The second-order valence-corrected chi connectivity index (χ2v) is 5.56. The number of esters is 1. The van der Waals surface area contributed by atoms with Gasteiger partial charge in [-0.25, -0.2) is 0 Å². The van der Waals surface area contributed by atoms with Crippen molar-refractivity contribution in [2.75, 3.05) is 19.8 Å². The molecule has 0 fully saturated rings. The highest BCUT2D eigenvalue weighted by Crippen LogP contribution is 2.27. The average Bonchev–Trinajstić information content (AvgIpc) is 2.25. The quantitative estimate of drug-likeness (QED) is 0.567. The van der Waals surface area contributed by atoms with Crippen molar-refractivity contribution >= 4 is 11.9 Å². The molecule has 0 heterocycles. The van der Waals surface area contributed by atoms with Crippen molar-refractivity contribution in [3.05, 3.63) is 0 Å². The van der Waals surface area contributed by atoms with Gasteiger partial charge in [-0.05, 0) is 26.2 Å². The monoisotopic (exact) mass is 273 g/mol. The molecule has 0 aromatic carbocycles. The molecule has 112 valence electrons. The van der Waals surface area contributed by atoms with E-state index in [-0.39, 0.29) is 18.6 Å². The number of ether oxygens (including phenoxy) is 2. The molecule has 2 atom stereocenters. The lowest BCUT2D eigenvalue weighted by molar-refractivity contribution is -0.156. The van der Waals surface area contributed by atoms with E-state index in [1.54, 1.807) is 6.92 Å². The maximum absolute atomic E-state index is 12.1. The summed E-state index contributed by atoms with van der Waals surface area (Å²) in [7, 11) is 0. The first-order chi connectivity index (χ1) is 8.73. The van der Waals surface area contributed by atoms with Gasteiger partial charge in [-0.15, -0.1) is 0 Å². The first-order valence-electron chi connectivity index (χ1n) is 6.79.